The minimum Gasteiger partial charge on any atom is -0.326 e. The normalized spacial score (nSPS) is 9.77. The number of rotatable bonds is 4. The third-order valence-electron chi connectivity index (χ3n) is 4.05. The highest BCUT2D eigenvalue weighted by Gasteiger charge is 2.12. The molecule has 0 fully saturated rings. The third kappa shape index (κ3) is 5.37. The molecule has 0 heterocycles. The summed E-state index contributed by atoms with van der Waals surface area (Å²) in [5.74, 6) is 3.00. The Labute approximate surface area is 171 Å². The van der Waals surface area contributed by atoms with Gasteiger partial charge in [-0.3, -0.25) is 9.59 Å². The number of halogens is 2. The molecular formula is C24H14F2N2O2. The zero-order valence-electron chi connectivity index (χ0n) is 15.6. The number of hydrogen-bond donors (Lipinski definition) is 1. The zero-order chi connectivity index (χ0) is 21.5. The predicted octanol–water partition coefficient (Wildman–Crippen LogP) is 4.45. The summed E-state index contributed by atoms with van der Waals surface area (Å²) in [6.45, 7) is 0. The molecule has 1 N–H and O–H groups in total. The number of carbonyl (C=O) groups excluding carboxylic acids is 2. The molecule has 0 spiro atoms. The molecule has 6 heteroatoms. The average Bonchev–Trinajstić information content (AvgIpc) is 2.73. The summed E-state index contributed by atoms with van der Waals surface area (Å²) in [5, 5.41) is 11.5. The topological polar surface area (TPSA) is 70.0 Å². The van der Waals surface area contributed by atoms with E-state index in [2.05, 4.69) is 17.2 Å². The lowest BCUT2D eigenvalue weighted by Crippen LogP contribution is -2.16. The van der Waals surface area contributed by atoms with E-state index in [1.807, 2.05) is 6.07 Å². The number of nitrogens with one attached hydrogen (secondary N) is 1. The van der Waals surface area contributed by atoms with Gasteiger partial charge in [0.15, 0.2) is 5.78 Å². The molecule has 146 valence electrons. The van der Waals surface area contributed by atoms with E-state index < -0.39 is 23.3 Å². The van der Waals surface area contributed by atoms with Crippen molar-refractivity contribution in [3.8, 4) is 17.9 Å². The van der Waals surface area contributed by atoms with E-state index >= 15 is 0 Å². The van der Waals surface area contributed by atoms with E-state index in [0.717, 1.165) is 12.1 Å². The summed E-state index contributed by atoms with van der Waals surface area (Å²) in [4.78, 5) is 24.4. The predicted molar refractivity (Wildman–Crippen MR) is 108 cm³/mol. The van der Waals surface area contributed by atoms with Crippen LogP contribution in [-0.4, -0.2) is 11.7 Å². The smallest absolute Gasteiger partial charge is 0.232 e. The number of Topliss-reactive ketones (excluding diaryl/α,β-unsaturated/α-hetero) is 1. The summed E-state index contributed by atoms with van der Waals surface area (Å²) in [6.07, 6.45) is -0.383. The highest BCUT2D eigenvalue weighted by atomic mass is 19.1. The fourth-order valence-corrected chi connectivity index (χ4v) is 2.62. The molecule has 1 amide bonds. The summed E-state index contributed by atoms with van der Waals surface area (Å²) in [6, 6.07) is 17.7. The number of nitrogens with zero attached hydrogens (tertiary/aromatic N) is 1. The Balaban J connectivity index is 1.68. The van der Waals surface area contributed by atoms with Crippen LogP contribution in [0.1, 0.15) is 33.5 Å². The Morgan fingerprint density at radius 3 is 2.43 bits per heavy atom. The number of ketones is 1. The Morgan fingerprint density at radius 2 is 1.67 bits per heavy atom. The second-order valence-corrected chi connectivity index (χ2v) is 6.30. The van der Waals surface area contributed by atoms with Crippen molar-refractivity contribution >= 4 is 17.4 Å². The van der Waals surface area contributed by atoms with Crippen LogP contribution < -0.4 is 5.32 Å². The molecule has 0 unspecified atom stereocenters. The van der Waals surface area contributed by atoms with Crippen molar-refractivity contribution in [2.75, 3.05) is 5.32 Å². The number of amides is 1. The maximum atomic E-state index is 13.7. The lowest BCUT2D eigenvalue weighted by Gasteiger charge is -2.06. The molecule has 0 aliphatic heterocycles. The third-order valence-corrected chi connectivity index (χ3v) is 4.05. The van der Waals surface area contributed by atoms with Crippen molar-refractivity contribution in [1.82, 2.24) is 0 Å². The molecule has 4 nitrogen and oxygen atoms in total. The van der Waals surface area contributed by atoms with Gasteiger partial charge in [-0.05, 0) is 42.5 Å². The molecule has 0 saturated heterocycles. The van der Waals surface area contributed by atoms with Crippen LogP contribution in [0.25, 0.3) is 0 Å². The maximum absolute atomic E-state index is 13.7. The summed E-state index contributed by atoms with van der Waals surface area (Å²) in [5.41, 5.74) is 1.60. The fraction of sp³-hybridized carbons (Fsp3) is 0.0417. The average molecular weight is 400 g/mol. The van der Waals surface area contributed by atoms with Gasteiger partial charge in [-0.2, -0.15) is 5.26 Å². The zero-order valence-corrected chi connectivity index (χ0v) is 15.6. The fourth-order valence-electron chi connectivity index (χ4n) is 2.62. The van der Waals surface area contributed by atoms with Crippen LogP contribution in [0.4, 0.5) is 14.5 Å². The summed E-state index contributed by atoms with van der Waals surface area (Å²) >= 11 is 0. The van der Waals surface area contributed by atoms with Crippen LogP contribution in [0, 0.1) is 34.8 Å². The van der Waals surface area contributed by atoms with Gasteiger partial charge in [0.2, 0.25) is 5.91 Å². The molecule has 3 aromatic carbocycles. The minimum atomic E-state index is -0.758. The maximum Gasteiger partial charge on any atom is 0.232 e. The van der Waals surface area contributed by atoms with Crippen molar-refractivity contribution in [3.63, 3.8) is 0 Å². The van der Waals surface area contributed by atoms with Gasteiger partial charge in [-0.1, -0.05) is 30.0 Å². The van der Waals surface area contributed by atoms with Crippen molar-refractivity contribution in [3.05, 3.63) is 101 Å². The number of hydrogen-bond acceptors (Lipinski definition) is 3. The summed E-state index contributed by atoms with van der Waals surface area (Å²) < 4.78 is 26.6. The van der Waals surface area contributed by atoms with Crippen LogP contribution in [0.5, 0.6) is 0 Å². The van der Waals surface area contributed by atoms with Crippen molar-refractivity contribution in [2.24, 2.45) is 0 Å². The molecule has 0 aromatic heterocycles. The highest BCUT2D eigenvalue weighted by Crippen LogP contribution is 2.13. The van der Waals surface area contributed by atoms with E-state index in [4.69, 9.17) is 5.26 Å². The lowest BCUT2D eigenvalue weighted by molar-refractivity contribution is -0.115. The van der Waals surface area contributed by atoms with Crippen molar-refractivity contribution < 1.29 is 18.4 Å². The standard InChI is InChI=1S/C24H14F2N2O2/c25-20-10-9-18(22(26)13-20)8-7-16-3-2-6-21(12-16)28-24(30)14-23(29)19-5-1-4-17(11-19)15-27/h1-6,9-13H,14H2,(H,28,30). The van der Waals surface area contributed by atoms with E-state index in [1.165, 1.54) is 12.1 Å². The first-order chi connectivity index (χ1) is 14.4. The number of benzene rings is 3. The van der Waals surface area contributed by atoms with E-state index in [1.54, 1.807) is 42.5 Å². The van der Waals surface area contributed by atoms with E-state index in [9.17, 15) is 18.4 Å². The van der Waals surface area contributed by atoms with Gasteiger partial charge in [0, 0.05) is 22.9 Å². The van der Waals surface area contributed by atoms with Crippen LogP contribution in [0.3, 0.4) is 0 Å². The van der Waals surface area contributed by atoms with Crippen molar-refractivity contribution in [1.29, 1.82) is 5.26 Å². The van der Waals surface area contributed by atoms with Crippen LogP contribution in [0.15, 0.2) is 66.7 Å². The van der Waals surface area contributed by atoms with Gasteiger partial charge in [-0.25, -0.2) is 8.78 Å². The molecular weight excluding hydrogens is 386 g/mol. The van der Waals surface area contributed by atoms with Gasteiger partial charge >= 0.3 is 0 Å². The molecule has 0 radical (unpaired) electrons. The molecule has 0 saturated carbocycles. The second-order valence-electron chi connectivity index (χ2n) is 6.30. The lowest BCUT2D eigenvalue weighted by atomic mass is 10.1. The SMILES string of the molecule is N#Cc1cccc(C(=O)CC(=O)Nc2cccc(C#Cc3ccc(F)cc3F)c2)c1. The van der Waals surface area contributed by atoms with Crippen LogP contribution in [-0.2, 0) is 4.79 Å². The van der Waals surface area contributed by atoms with Gasteiger partial charge < -0.3 is 5.32 Å². The Bertz CT molecular complexity index is 1230. The first-order valence-corrected chi connectivity index (χ1v) is 8.85. The Morgan fingerprint density at radius 1 is 0.900 bits per heavy atom. The highest BCUT2D eigenvalue weighted by molar-refractivity contribution is 6.11. The van der Waals surface area contributed by atoms with Crippen molar-refractivity contribution in [2.45, 2.75) is 6.42 Å². The quantitative estimate of drug-likeness (QED) is 0.400. The molecule has 0 atom stereocenters. The number of nitriles is 1. The van der Waals surface area contributed by atoms with Gasteiger partial charge in [0.1, 0.15) is 11.6 Å². The number of carbonyl (C=O) groups is 2. The van der Waals surface area contributed by atoms with E-state index in [-0.39, 0.29) is 17.5 Å². The van der Waals surface area contributed by atoms with Crippen LogP contribution >= 0.6 is 0 Å². The van der Waals surface area contributed by atoms with Gasteiger partial charge in [0.25, 0.3) is 0 Å². The molecule has 3 aromatic rings. The minimum absolute atomic E-state index is 0.0519. The van der Waals surface area contributed by atoms with Gasteiger partial charge in [0.05, 0.1) is 23.6 Å². The largest absolute Gasteiger partial charge is 0.326 e. The Hall–Kier alpha value is -4.29. The first kappa shape index (κ1) is 20.4. The molecule has 0 aliphatic carbocycles. The molecule has 0 aliphatic rings. The molecule has 30 heavy (non-hydrogen) atoms. The van der Waals surface area contributed by atoms with Gasteiger partial charge in [-0.15, -0.1) is 0 Å². The second kappa shape index (κ2) is 9.27. The van der Waals surface area contributed by atoms with Crippen LogP contribution in [0.2, 0.25) is 0 Å². The first-order valence-electron chi connectivity index (χ1n) is 8.85. The molecule has 0 bridgehead atoms. The Kier molecular flexibility index (Phi) is 6.32. The number of anilines is 1. The molecule has 3 rings (SSSR count). The monoisotopic (exact) mass is 400 g/mol. The summed E-state index contributed by atoms with van der Waals surface area (Å²) in [7, 11) is 0. The van der Waals surface area contributed by atoms with E-state index in [0.29, 0.717) is 16.8 Å².